The predicted molar refractivity (Wildman–Crippen MR) is 100 cm³/mol. The third kappa shape index (κ3) is 3.64. The fraction of sp³-hybridized carbons (Fsp3) is 0.350. The van der Waals surface area contributed by atoms with Crippen LogP contribution in [-0.4, -0.2) is 42.8 Å². The minimum atomic E-state index is -4.62. The molecular formula is C20H18F3N3O4. The fourth-order valence-electron chi connectivity index (χ4n) is 3.53. The van der Waals surface area contributed by atoms with Crippen molar-refractivity contribution in [3.8, 4) is 5.75 Å². The number of fused-ring (bicyclic) bond motifs is 1. The van der Waals surface area contributed by atoms with Gasteiger partial charge in [-0.1, -0.05) is 12.1 Å². The number of cyclic esters (lactones) is 1. The van der Waals surface area contributed by atoms with E-state index in [9.17, 15) is 22.8 Å². The second kappa shape index (κ2) is 7.51. The zero-order chi connectivity index (χ0) is 21.5. The topological polar surface area (TPSA) is 72.0 Å². The second-order valence-corrected chi connectivity index (χ2v) is 6.98. The van der Waals surface area contributed by atoms with Gasteiger partial charge in [-0.05, 0) is 37.6 Å². The molecule has 7 nitrogen and oxygen atoms in total. The lowest BCUT2D eigenvalue weighted by atomic mass is 10.1. The standard InChI is InChI=1S/C20H18F3N3O4/c1-12-9-13(20(21,22)23)10-17(24-12)26-15(11-30-19(26)28)18(27)25-7-4-8-29-16-6-3-2-5-14(16)25/h2-3,5-6,9-10,15H,4,7-8,11H2,1H3/t15-/m0/s1. The van der Waals surface area contributed by atoms with Gasteiger partial charge in [0.25, 0.3) is 5.91 Å². The Bertz CT molecular complexity index is 996. The maximum atomic E-state index is 13.4. The van der Waals surface area contributed by atoms with Gasteiger partial charge in [0, 0.05) is 12.2 Å². The van der Waals surface area contributed by atoms with E-state index in [0.717, 1.165) is 17.0 Å². The Kier molecular flexibility index (Phi) is 5.00. The molecule has 0 unspecified atom stereocenters. The summed E-state index contributed by atoms with van der Waals surface area (Å²) in [6, 6.07) is 7.46. The summed E-state index contributed by atoms with van der Waals surface area (Å²) in [5, 5.41) is 0. The van der Waals surface area contributed by atoms with E-state index in [1.807, 2.05) is 0 Å². The number of carbonyl (C=O) groups excluding carboxylic acids is 2. The first-order chi connectivity index (χ1) is 14.3. The number of halogens is 3. The highest BCUT2D eigenvalue weighted by molar-refractivity contribution is 6.06. The summed E-state index contributed by atoms with van der Waals surface area (Å²) in [6.45, 7) is 1.86. The molecule has 0 aliphatic carbocycles. The molecule has 2 aliphatic heterocycles. The van der Waals surface area contributed by atoms with Gasteiger partial charge in [0.05, 0.1) is 17.9 Å². The van der Waals surface area contributed by atoms with E-state index in [1.165, 1.54) is 11.8 Å². The van der Waals surface area contributed by atoms with Gasteiger partial charge in [0.2, 0.25) is 0 Å². The van der Waals surface area contributed by atoms with Crippen molar-refractivity contribution in [2.45, 2.75) is 25.6 Å². The van der Waals surface area contributed by atoms with Crippen LogP contribution >= 0.6 is 0 Å². The number of anilines is 2. The summed E-state index contributed by atoms with van der Waals surface area (Å²) in [5.41, 5.74) is -0.351. The predicted octanol–water partition coefficient (Wildman–Crippen LogP) is 3.55. The third-order valence-electron chi connectivity index (χ3n) is 4.88. The Morgan fingerprint density at radius 1 is 1.20 bits per heavy atom. The number of aryl methyl sites for hydroxylation is 1. The average Bonchev–Trinajstić information content (AvgIpc) is 2.95. The SMILES string of the molecule is Cc1cc(C(F)(F)F)cc(N2C(=O)OC[C@H]2C(=O)N2CCCOc3ccccc32)n1. The molecule has 0 radical (unpaired) electrons. The van der Waals surface area contributed by atoms with Gasteiger partial charge in [-0.2, -0.15) is 13.2 Å². The summed E-state index contributed by atoms with van der Waals surface area (Å²) >= 11 is 0. The molecule has 4 rings (SSSR count). The number of hydrogen-bond donors (Lipinski definition) is 0. The molecule has 0 saturated carbocycles. The Labute approximate surface area is 170 Å². The first kappa shape index (κ1) is 20.0. The summed E-state index contributed by atoms with van der Waals surface area (Å²) in [4.78, 5) is 32.1. The molecule has 0 spiro atoms. The van der Waals surface area contributed by atoms with Crippen molar-refractivity contribution in [2.24, 2.45) is 0 Å². The number of para-hydroxylation sites is 2. The monoisotopic (exact) mass is 421 g/mol. The number of pyridine rings is 1. The number of benzene rings is 1. The van der Waals surface area contributed by atoms with Crippen molar-refractivity contribution in [3.63, 3.8) is 0 Å². The zero-order valence-electron chi connectivity index (χ0n) is 16.0. The molecule has 0 N–H and O–H groups in total. The van der Waals surface area contributed by atoms with Gasteiger partial charge in [-0.15, -0.1) is 0 Å². The van der Waals surface area contributed by atoms with Crippen LogP contribution in [0.3, 0.4) is 0 Å². The Morgan fingerprint density at radius 3 is 2.73 bits per heavy atom. The van der Waals surface area contributed by atoms with Gasteiger partial charge < -0.3 is 14.4 Å². The number of alkyl halides is 3. The Morgan fingerprint density at radius 2 is 1.97 bits per heavy atom. The average molecular weight is 421 g/mol. The number of nitrogens with zero attached hydrogens (tertiary/aromatic N) is 3. The molecule has 2 amide bonds. The largest absolute Gasteiger partial charge is 0.491 e. The van der Waals surface area contributed by atoms with Crippen LogP contribution in [0.5, 0.6) is 5.75 Å². The number of carbonyl (C=O) groups is 2. The van der Waals surface area contributed by atoms with Crippen LogP contribution in [0.25, 0.3) is 0 Å². The minimum Gasteiger partial charge on any atom is -0.491 e. The molecule has 2 aromatic rings. The molecule has 3 heterocycles. The van der Waals surface area contributed by atoms with Crippen molar-refractivity contribution in [2.75, 3.05) is 29.6 Å². The highest BCUT2D eigenvalue weighted by Gasteiger charge is 2.44. The quantitative estimate of drug-likeness (QED) is 0.742. The van der Waals surface area contributed by atoms with Crippen LogP contribution in [0.4, 0.5) is 29.5 Å². The van der Waals surface area contributed by atoms with Crippen LogP contribution in [0, 0.1) is 6.92 Å². The number of hydrogen-bond acceptors (Lipinski definition) is 5. The van der Waals surface area contributed by atoms with Gasteiger partial charge in [-0.3, -0.25) is 4.79 Å². The van der Waals surface area contributed by atoms with Crippen LogP contribution in [0.1, 0.15) is 17.7 Å². The summed E-state index contributed by atoms with van der Waals surface area (Å²) in [5.74, 6) is -0.230. The van der Waals surface area contributed by atoms with Gasteiger partial charge in [-0.25, -0.2) is 14.7 Å². The maximum absolute atomic E-state index is 13.4. The molecule has 1 saturated heterocycles. The molecule has 158 valence electrons. The summed E-state index contributed by atoms with van der Waals surface area (Å²) < 4.78 is 50.4. The van der Waals surface area contributed by atoms with E-state index < -0.39 is 29.8 Å². The summed E-state index contributed by atoms with van der Waals surface area (Å²) in [6.07, 6.45) is -4.98. The first-order valence-corrected chi connectivity index (χ1v) is 9.31. The number of amides is 2. The Balaban J connectivity index is 1.71. The lowest BCUT2D eigenvalue weighted by molar-refractivity contribution is -0.137. The maximum Gasteiger partial charge on any atom is 0.416 e. The van der Waals surface area contributed by atoms with Crippen molar-refractivity contribution >= 4 is 23.5 Å². The van der Waals surface area contributed by atoms with Crippen LogP contribution in [0.15, 0.2) is 36.4 Å². The first-order valence-electron chi connectivity index (χ1n) is 9.31. The lowest BCUT2D eigenvalue weighted by Gasteiger charge is -2.28. The Hall–Kier alpha value is -3.30. The molecule has 1 aromatic heterocycles. The van der Waals surface area contributed by atoms with Crippen LogP contribution in [-0.2, 0) is 15.7 Å². The number of ether oxygens (including phenoxy) is 2. The highest BCUT2D eigenvalue weighted by Crippen LogP contribution is 2.35. The van der Waals surface area contributed by atoms with E-state index in [4.69, 9.17) is 9.47 Å². The molecule has 1 aromatic carbocycles. The molecule has 30 heavy (non-hydrogen) atoms. The lowest BCUT2D eigenvalue weighted by Crippen LogP contribution is -2.48. The van der Waals surface area contributed by atoms with E-state index >= 15 is 0 Å². The van der Waals surface area contributed by atoms with Crippen molar-refractivity contribution < 1.29 is 32.2 Å². The fourth-order valence-corrected chi connectivity index (χ4v) is 3.53. The smallest absolute Gasteiger partial charge is 0.416 e. The van der Waals surface area contributed by atoms with Crippen molar-refractivity contribution in [1.82, 2.24) is 4.98 Å². The van der Waals surface area contributed by atoms with E-state index in [-0.39, 0.29) is 18.1 Å². The van der Waals surface area contributed by atoms with E-state index in [0.29, 0.717) is 31.0 Å². The minimum absolute atomic E-state index is 0.0687. The van der Waals surface area contributed by atoms with Gasteiger partial charge in [0.15, 0.2) is 6.04 Å². The van der Waals surface area contributed by atoms with Gasteiger partial charge in [0.1, 0.15) is 18.2 Å². The molecule has 2 aliphatic rings. The van der Waals surface area contributed by atoms with E-state index in [2.05, 4.69) is 4.98 Å². The van der Waals surface area contributed by atoms with Crippen molar-refractivity contribution in [3.05, 3.63) is 47.7 Å². The van der Waals surface area contributed by atoms with Gasteiger partial charge >= 0.3 is 12.3 Å². The zero-order valence-corrected chi connectivity index (χ0v) is 16.0. The normalized spacial score (nSPS) is 19.1. The molecule has 1 atom stereocenters. The number of aromatic nitrogens is 1. The van der Waals surface area contributed by atoms with Crippen molar-refractivity contribution in [1.29, 1.82) is 0 Å². The second-order valence-electron chi connectivity index (χ2n) is 6.98. The molecule has 10 heteroatoms. The highest BCUT2D eigenvalue weighted by atomic mass is 19.4. The number of rotatable bonds is 2. The van der Waals surface area contributed by atoms with Crippen LogP contribution < -0.4 is 14.5 Å². The third-order valence-corrected chi connectivity index (χ3v) is 4.88. The molecule has 1 fully saturated rings. The van der Waals surface area contributed by atoms with E-state index in [1.54, 1.807) is 24.3 Å². The molecular weight excluding hydrogens is 403 g/mol. The van der Waals surface area contributed by atoms with Crippen LogP contribution in [0.2, 0.25) is 0 Å². The molecule has 0 bridgehead atoms. The summed E-state index contributed by atoms with van der Waals surface area (Å²) in [7, 11) is 0.